The standard InChI is InChI=1S/C20H17F2NOS2/c1-13-4-6-14(7-5-13)20(18-3-2-10-25-18)23-19(24)12-26-17-9-8-15(21)11-16(17)22/h2-11,20H,12H2,1H3,(H,23,24). The molecule has 3 rings (SSSR count). The molecule has 134 valence electrons. The van der Waals surface area contributed by atoms with Crippen molar-refractivity contribution in [1.82, 2.24) is 5.32 Å². The highest BCUT2D eigenvalue weighted by molar-refractivity contribution is 8.00. The van der Waals surface area contributed by atoms with Gasteiger partial charge in [-0.05, 0) is 36.1 Å². The molecule has 1 unspecified atom stereocenters. The zero-order chi connectivity index (χ0) is 18.5. The summed E-state index contributed by atoms with van der Waals surface area (Å²) < 4.78 is 26.7. The fourth-order valence-electron chi connectivity index (χ4n) is 2.47. The molecule has 0 bridgehead atoms. The van der Waals surface area contributed by atoms with Crippen LogP contribution in [0, 0.1) is 18.6 Å². The highest BCUT2D eigenvalue weighted by Gasteiger charge is 2.18. The molecule has 1 atom stereocenters. The first-order valence-electron chi connectivity index (χ1n) is 8.00. The van der Waals surface area contributed by atoms with E-state index in [1.54, 1.807) is 11.3 Å². The summed E-state index contributed by atoms with van der Waals surface area (Å²) in [6.45, 7) is 2.01. The number of hydrogen-bond donors (Lipinski definition) is 1. The van der Waals surface area contributed by atoms with Gasteiger partial charge in [0.1, 0.15) is 11.6 Å². The van der Waals surface area contributed by atoms with Crippen LogP contribution < -0.4 is 5.32 Å². The van der Waals surface area contributed by atoms with Crippen LogP contribution in [-0.4, -0.2) is 11.7 Å². The number of amides is 1. The van der Waals surface area contributed by atoms with Crippen LogP contribution in [-0.2, 0) is 4.79 Å². The molecule has 0 aliphatic rings. The second kappa shape index (κ2) is 8.47. The predicted octanol–water partition coefficient (Wildman–Crippen LogP) is 5.33. The van der Waals surface area contributed by atoms with Crippen molar-refractivity contribution in [3.63, 3.8) is 0 Å². The Hall–Kier alpha value is -2.18. The van der Waals surface area contributed by atoms with Gasteiger partial charge in [0.15, 0.2) is 0 Å². The Morgan fingerprint density at radius 3 is 2.58 bits per heavy atom. The molecule has 0 aliphatic heterocycles. The van der Waals surface area contributed by atoms with E-state index in [-0.39, 0.29) is 22.6 Å². The van der Waals surface area contributed by atoms with Crippen LogP contribution in [0.15, 0.2) is 64.9 Å². The topological polar surface area (TPSA) is 29.1 Å². The fourth-order valence-corrected chi connectivity index (χ4v) is 4.00. The molecule has 6 heteroatoms. The van der Waals surface area contributed by atoms with Crippen LogP contribution in [0.25, 0.3) is 0 Å². The molecule has 26 heavy (non-hydrogen) atoms. The molecule has 0 radical (unpaired) electrons. The molecule has 0 saturated heterocycles. The molecule has 1 aromatic heterocycles. The van der Waals surface area contributed by atoms with E-state index < -0.39 is 11.6 Å². The number of aryl methyl sites for hydroxylation is 1. The number of carbonyl (C=O) groups is 1. The Labute approximate surface area is 159 Å². The lowest BCUT2D eigenvalue weighted by Gasteiger charge is -2.18. The van der Waals surface area contributed by atoms with Crippen LogP contribution in [0.3, 0.4) is 0 Å². The summed E-state index contributed by atoms with van der Waals surface area (Å²) in [7, 11) is 0. The second-order valence-corrected chi connectivity index (χ2v) is 7.79. The molecule has 0 aliphatic carbocycles. The van der Waals surface area contributed by atoms with E-state index in [4.69, 9.17) is 0 Å². The number of hydrogen-bond acceptors (Lipinski definition) is 3. The molecule has 1 heterocycles. The lowest BCUT2D eigenvalue weighted by Crippen LogP contribution is -2.30. The maximum Gasteiger partial charge on any atom is 0.231 e. The molecule has 0 saturated carbocycles. The zero-order valence-electron chi connectivity index (χ0n) is 14.0. The van der Waals surface area contributed by atoms with Gasteiger partial charge in [0.2, 0.25) is 5.91 Å². The smallest absolute Gasteiger partial charge is 0.231 e. The van der Waals surface area contributed by atoms with E-state index in [2.05, 4.69) is 5.32 Å². The summed E-state index contributed by atoms with van der Waals surface area (Å²) in [5.74, 6) is -1.45. The first-order chi connectivity index (χ1) is 12.5. The number of carbonyl (C=O) groups excluding carboxylic acids is 1. The maximum absolute atomic E-state index is 13.7. The minimum Gasteiger partial charge on any atom is -0.344 e. The Bertz CT molecular complexity index is 879. The average molecular weight is 389 g/mol. The summed E-state index contributed by atoms with van der Waals surface area (Å²) >= 11 is 2.62. The quantitative estimate of drug-likeness (QED) is 0.577. The van der Waals surface area contributed by atoms with Crippen LogP contribution in [0.1, 0.15) is 22.0 Å². The van der Waals surface area contributed by atoms with Crippen LogP contribution in [0.4, 0.5) is 8.78 Å². The molecule has 3 aromatic rings. The first-order valence-corrected chi connectivity index (χ1v) is 9.86. The predicted molar refractivity (Wildman–Crippen MR) is 103 cm³/mol. The fraction of sp³-hybridized carbons (Fsp3) is 0.150. The van der Waals surface area contributed by atoms with Crippen molar-refractivity contribution in [3.05, 3.63) is 87.6 Å². The monoisotopic (exact) mass is 389 g/mol. The third-order valence-corrected chi connectivity index (χ3v) is 5.78. The second-order valence-electron chi connectivity index (χ2n) is 5.79. The van der Waals surface area contributed by atoms with Crippen LogP contribution >= 0.6 is 23.1 Å². The van der Waals surface area contributed by atoms with E-state index in [1.807, 2.05) is 48.7 Å². The maximum atomic E-state index is 13.7. The van der Waals surface area contributed by atoms with Gasteiger partial charge >= 0.3 is 0 Å². The molecular formula is C20H17F2NOS2. The third kappa shape index (κ3) is 4.71. The van der Waals surface area contributed by atoms with Gasteiger partial charge in [-0.25, -0.2) is 8.78 Å². The van der Waals surface area contributed by atoms with E-state index in [9.17, 15) is 13.6 Å². The summed E-state index contributed by atoms with van der Waals surface area (Å²) in [5, 5.41) is 4.97. The zero-order valence-corrected chi connectivity index (χ0v) is 15.7. The van der Waals surface area contributed by atoms with Crippen molar-refractivity contribution < 1.29 is 13.6 Å². The molecular weight excluding hydrogens is 372 g/mol. The summed E-state index contributed by atoms with van der Waals surface area (Å²) in [6.07, 6.45) is 0. The van der Waals surface area contributed by atoms with Crippen molar-refractivity contribution >= 4 is 29.0 Å². The molecule has 2 nitrogen and oxygen atoms in total. The van der Waals surface area contributed by atoms with Gasteiger partial charge < -0.3 is 5.32 Å². The summed E-state index contributed by atoms with van der Waals surface area (Å²) in [4.78, 5) is 13.7. The Morgan fingerprint density at radius 1 is 1.15 bits per heavy atom. The van der Waals surface area contributed by atoms with Gasteiger partial charge in [-0.1, -0.05) is 35.9 Å². The van der Waals surface area contributed by atoms with Gasteiger partial charge in [-0.3, -0.25) is 4.79 Å². The third-order valence-electron chi connectivity index (χ3n) is 3.80. The number of thioether (sulfide) groups is 1. The van der Waals surface area contributed by atoms with Gasteiger partial charge in [0.25, 0.3) is 0 Å². The number of halogens is 2. The van der Waals surface area contributed by atoms with Crippen molar-refractivity contribution in [1.29, 1.82) is 0 Å². The molecule has 0 fully saturated rings. The number of rotatable bonds is 6. The van der Waals surface area contributed by atoms with Crippen molar-refractivity contribution in [2.45, 2.75) is 17.9 Å². The lowest BCUT2D eigenvalue weighted by atomic mass is 10.0. The Morgan fingerprint density at radius 2 is 1.92 bits per heavy atom. The first kappa shape index (κ1) is 18.6. The van der Waals surface area contributed by atoms with Crippen molar-refractivity contribution in [2.24, 2.45) is 0 Å². The van der Waals surface area contributed by atoms with E-state index in [0.29, 0.717) is 0 Å². The number of nitrogens with one attached hydrogen (secondary N) is 1. The molecule has 1 amide bonds. The normalized spacial score (nSPS) is 12.0. The van der Waals surface area contributed by atoms with Crippen LogP contribution in [0.5, 0.6) is 0 Å². The molecule has 2 aromatic carbocycles. The number of thiophene rings is 1. The summed E-state index contributed by atoms with van der Waals surface area (Å²) in [6, 6.07) is 15.0. The van der Waals surface area contributed by atoms with Crippen molar-refractivity contribution in [2.75, 3.05) is 5.75 Å². The molecule has 0 spiro atoms. The van der Waals surface area contributed by atoms with Crippen molar-refractivity contribution in [3.8, 4) is 0 Å². The molecule has 1 N–H and O–H groups in total. The van der Waals surface area contributed by atoms with E-state index in [0.717, 1.165) is 33.8 Å². The lowest BCUT2D eigenvalue weighted by molar-refractivity contribution is -0.119. The Balaban J connectivity index is 1.70. The summed E-state index contributed by atoms with van der Waals surface area (Å²) in [5.41, 5.74) is 2.14. The van der Waals surface area contributed by atoms with E-state index >= 15 is 0 Å². The van der Waals surface area contributed by atoms with Crippen LogP contribution in [0.2, 0.25) is 0 Å². The SMILES string of the molecule is Cc1ccc(C(NC(=O)CSc2ccc(F)cc2F)c2cccs2)cc1. The highest BCUT2D eigenvalue weighted by Crippen LogP contribution is 2.27. The number of benzene rings is 2. The van der Waals surface area contributed by atoms with Gasteiger partial charge in [0.05, 0.1) is 11.8 Å². The Kier molecular flexibility index (Phi) is 6.06. The highest BCUT2D eigenvalue weighted by atomic mass is 32.2. The van der Waals surface area contributed by atoms with E-state index in [1.165, 1.54) is 12.1 Å². The minimum absolute atomic E-state index is 0.0519. The average Bonchev–Trinajstić information content (AvgIpc) is 3.14. The van der Waals surface area contributed by atoms with Gasteiger partial charge in [-0.2, -0.15) is 0 Å². The van der Waals surface area contributed by atoms with Gasteiger partial charge in [-0.15, -0.1) is 23.1 Å². The minimum atomic E-state index is -0.656. The largest absolute Gasteiger partial charge is 0.344 e. The van der Waals surface area contributed by atoms with Gasteiger partial charge in [0, 0.05) is 15.8 Å².